The molecule has 3 rings (SSSR count). The smallest absolute Gasteiger partial charge is 0.305 e. The maximum atomic E-state index is 10.7. The van der Waals surface area contributed by atoms with Crippen LogP contribution in [-0.2, 0) is 21.4 Å². The fraction of sp³-hybridized carbons (Fsp3) is 0.435. The zero-order valence-corrected chi connectivity index (χ0v) is 16.4. The molecule has 1 saturated heterocycles. The molecule has 1 aliphatic heterocycles. The zero-order valence-electron chi connectivity index (χ0n) is 16.4. The number of benzene rings is 2. The van der Waals surface area contributed by atoms with Crippen molar-refractivity contribution >= 4 is 5.97 Å². The predicted octanol–water partition coefficient (Wildman–Crippen LogP) is 3.44. The molecule has 5 nitrogen and oxygen atoms in total. The van der Waals surface area contributed by atoms with Crippen molar-refractivity contribution in [2.45, 2.75) is 31.1 Å². The molecular weight excluding hydrogens is 354 g/mol. The van der Waals surface area contributed by atoms with Gasteiger partial charge in [0.15, 0.2) is 0 Å². The summed E-state index contributed by atoms with van der Waals surface area (Å²) in [5.74, 6) is -0.511. The molecule has 0 unspecified atom stereocenters. The first kappa shape index (κ1) is 20.4. The van der Waals surface area contributed by atoms with Gasteiger partial charge >= 0.3 is 5.97 Å². The molecule has 1 heterocycles. The lowest BCUT2D eigenvalue weighted by atomic mass is 9.67. The molecule has 2 N–H and O–H groups in total. The average molecular weight is 383 g/mol. The van der Waals surface area contributed by atoms with Crippen LogP contribution >= 0.6 is 0 Å². The summed E-state index contributed by atoms with van der Waals surface area (Å²) < 4.78 is 5.44. The maximum Gasteiger partial charge on any atom is 0.305 e. The topological polar surface area (TPSA) is 70.0 Å². The largest absolute Gasteiger partial charge is 0.508 e. The van der Waals surface area contributed by atoms with E-state index in [2.05, 4.69) is 42.3 Å². The summed E-state index contributed by atoms with van der Waals surface area (Å²) in [6, 6.07) is 16.3. The summed E-state index contributed by atoms with van der Waals surface area (Å²) in [5, 5.41) is 19.4. The first-order chi connectivity index (χ1) is 13.5. The molecule has 2 aromatic carbocycles. The molecule has 1 aliphatic rings. The van der Waals surface area contributed by atoms with Gasteiger partial charge in [-0.1, -0.05) is 42.5 Å². The fourth-order valence-electron chi connectivity index (χ4n) is 4.04. The van der Waals surface area contributed by atoms with Crippen LogP contribution in [0, 0.1) is 0 Å². The highest BCUT2D eigenvalue weighted by Gasteiger charge is 2.39. The molecule has 0 aliphatic carbocycles. The van der Waals surface area contributed by atoms with E-state index < -0.39 is 5.97 Å². The van der Waals surface area contributed by atoms with Crippen LogP contribution in [0.1, 0.15) is 36.0 Å². The number of rotatable bonds is 8. The van der Waals surface area contributed by atoms with E-state index in [-0.39, 0.29) is 18.4 Å². The standard InChI is InChI=1S/C23H29NO4/c1-24-13-11-23(12-14-24,19-5-3-2-4-6-19)20-17-18(7-8-21(20)25)9-15-28-16-10-22(26)27/h2-8,17,25H,9-16H2,1H3,(H,26,27). The summed E-state index contributed by atoms with van der Waals surface area (Å²) in [7, 11) is 2.14. The molecule has 150 valence electrons. The van der Waals surface area contributed by atoms with Crippen LogP contribution in [0.5, 0.6) is 5.75 Å². The Morgan fingerprint density at radius 3 is 2.50 bits per heavy atom. The SMILES string of the molecule is CN1CCC(c2ccccc2)(c2cc(CCOCCC(=O)O)ccc2O)CC1. The molecule has 1 fully saturated rings. The number of piperidine rings is 1. The van der Waals surface area contributed by atoms with Gasteiger partial charge < -0.3 is 19.8 Å². The van der Waals surface area contributed by atoms with Crippen molar-refractivity contribution in [1.29, 1.82) is 0 Å². The monoisotopic (exact) mass is 383 g/mol. The van der Waals surface area contributed by atoms with Crippen molar-refractivity contribution in [3.05, 3.63) is 65.2 Å². The van der Waals surface area contributed by atoms with Crippen LogP contribution in [0.15, 0.2) is 48.5 Å². The first-order valence-electron chi connectivity index (χ1n) is 9.87. The Balaban J connectivity index is 1.83. The van der Waals surface area contributed by atoms with Gasteiger partial charge in [-0.15, -0.1) is 0 Å². The molecule has 5 heteroatoms. The predicted molar refractivity (Wildman–Crippen MR) is 109 cm³/mol. The maximum absolute atomic E-state index is 10.7. The van der Waals surface area contributed by atoms with Gasteiger partial charge in [0.25, 0.3) is 0 Å². The van der Waals surface area contributed by atoms with Gasteiger partial charge in [0.1, 0.15) is 5.75 Å². The molecule has 0 atom stereocenters. The summed E-state index contributed by atoms with van der Waals surface area (Å²) in [6.45, 7) is 2.66. The fourth-order valence-corrected chi connectivity index (χ4v) is 4.04. The summed E-state index contributed by atoms with van der Waals surface area (Å²) in [4.78, 5) is 12.9. The number of hydrogen-bond acceptors (Lipinski definition) is 4. The normalized spacial score (nSPS) is 16.8. The number of carboxylic acid groups (broad SMARTS) is 1. The number of phenols is 1. The quantitative estimate of drug-likeness (QED) is 0.684. The highest BCUT2D eigenvalue weighted by Crippen LogP contribution is 2.45. The molecule has 2 aromatic rings. The van der Waals surface area contributed by atoms with Gasteiger partial charge in [-0.25, -0.2) is 0 Å². The first-order valence-corrected chi connectivity index (χ1v) is 9.87. The van der Waals surface area contributed by atoms with Crippen molar-refractivity contribution in [2.24, 2.45) is 0 Å². The Hall–Kier alpha value is -2.37. The van der Waals surface area contributed by atoms with Crippen molar-refractivity contribution in [2.75, 3.05) is 33.4 Å². The molecule has 0 aromatic heterocycles. The highest BCUT2D eigenvalue weighted by atomic mass is 16.5. The lowest BCUT2D eigenvalue weighted by Crippen LogP contribution is -2.41. The van der Waals surface area contributed by atoms with Crippen LogP contribution in [0.4, 0.5) is 0 Å². The second kappa shape index (κ2) is 9.22. The number of phenolic OH excluding ortho intramolecular Hbond substituents is 1. The van der Waals surface area contributed by atoms with Crippen LogP contribution in [-0.4, -0.2) is 54.4 Å². The molecule has 0 radical (unpaired) electrons. The molecule has 0 spiro atoms. The molecule has 0 amide bonds. The Bertz CT molecular complexity index is 782. The van der Waals surface area contributed by atoms with E-state index in [0.717, 1.165) is 37.1 Å². The number of hydrogen-bond donors (Lipinski definition) is 2. The number of likely N-dealkylation sites (tertiary alicyclic amines) is 1. The van der Waals surface area contributed by atoms with Crippen molar-refractivity contribution in [3.63, 3.8) is 0 Å². The summed E-state index contributed by atoms with van der Waals surface area (Å²) >= 11 is 0. The van der Waals surface area contributed by atoms with Crippen molar-refractivity contribution < 1.29 is 19.7 Å². The lowest BCUT2D eigenvalue weighted by Gasteiger charge is -2.42. The third-order valence-corrected chi connectivity index (χ3v) is 5.74. The van der Waals surface area contributed by atoms with E-state index in [0.29, 0.717) is 18.8 Å². The number of ether oxygens (including phenoxy) is 1. The lowest BCUT2D eigenvalue weighted by molar-refractivity contribution is -0.138. The van der Waals surface area contributed by atoms with Gasteiger partial charge in [-0.3, -0.25) is 4.79 Å². The number of carbonyl (C=O) groups is 1. The van der Waals surface area contributed by atoms with Gasteiger partial charge in [0.05, 0.1) is 19.6 Å². The zero-order chi connectivity index (χ0) is 20.0. The van der Waals surface area contributed by atoms with Crippen LogP contribution in [0.2, 0.25) is 0 Å². The van der Waals surface area contributed by atoms with E-state index in [1.807, 2.05) is 12.1 Å². The van der Waals surface area contributed by atoms with Crippen LogP contribution in [0.25, 0.3) is 0 Å². The average Bonchev–Trinajstić information content (AvgIpc) is 2.70. The van der Waals surface area contributed by atoms with Crippen molar-refractivity contribution in [1.82, 2.24) is 4.90 Å². The van der Waals surface area contributed by atoms with Crippen molar-refractivity contribution in [3.8, 4) is 5.75 Å². The Kier molecular flexibility index (Phi) is 6.70. The third-order valence-electron chi connectivity index (χ3n) is 5.74. The van der Waals surface area contributed by atoms with Crippen LogP contribution < -0.4 is 0 Å². The van der Waals surface area contributed by atoms with E-state index in [1.165, 1.54) is 5.56 Å². The Labute approximate surface area is 166 Å². The minimum atomic E-state index is -0.848. The van der Waals surface area contributed by atoms with E-state index >= 15 is 0 Å². The summed E-state index contributed by atoms with van der Waals surface area (Å²) in [6.07, 6.45) is 2.63. The third kappa shape index (κ3) is 4.72. The van der Waals surface area contributed by atoms with E-state index in [1.54, 1.807) is 6.07 Å². The molecular formula is C23H29NO4. The summed E-state index contributed by atoms with van der Waals surface area (Å²) in [5.41, 5.74) is 3.12. The number of carboxylic acids is 1. The highest BCUT2D eigenvalue weighted by molar-refractivity contribution is 5.66. The Morgan fingerprint density at radius 1 is 1.11 bits per heavy atom. The minimum absolute atomic E-state index is 0.0193. The second-order valence-corrected chi connectivity index (χ2v) is 7.61. The number of aromatic hydroxyl groups is 1. The number of nitrogens with zero attached hydrogens (tertiary/aromatic N) is 1. The van der Waals surface area contributed by atoms with Gasteiger partial charge in [0.2, 0.25) is 0 Å². The van der Waals surface area contributed by atoms with E-state index in [4.69, 9.17) is 9.84 Å². The van der Waals surface area contributed by atoms with Crippen LogP contribution in [0.3, 0.4) is 0 Å². The van der Waals surface area contributed by atoms with Gasteiger partial charge in [-0.05, 0) is 56.6 Å². The van der Waals surface area contributed by atoms with E-state index in [9.17, 15) is 9.90 Å². The minimum Gasteiger partial charge on any atom is -0.508 e. The number of aliphatic carboxylic acids is 1. The van der Waals surface area contributed by atoms with Gasteiger partial charge in [0, 0.05) is 11.0 Å². The molecule has 0 bridgehead atoms. The molecule has 0 saturated carbocycles. The molecule has 28 heavy (non-hydrogen) atoms. The Morgan fingerprint density at radius 2 is 1.82 bits per heavy atom. The second-order valence-electron chi connectivity index (χ2n) is 7.61. The van der Waals surface area contributed by atoms with Gasteiger partial charge in [-0.2, -0.15) is 0 Å².